The van der Waals surface area contributed by atoms with Crippen molar-refractivity contribution in [3.63, 3.8) is 0 Å². The van der Waals surface area contributed by atoms with E-state index in [9.17, 15) is 14.7 Å². The lowest BCUT2D eigenvalue weighted by Crippen LogP contribution is -2.45. The van der Waals surface area contributed by atoms with E-state index in [2.05, 4.69) is 15.5 Å². The fourth-order valence-corrected chi connectivity index (χ4v) is 4.45. The van der Waals surface area contributed by atoms with Gasteiger partial charge in [-0.05, 0) is 50.5 Å². The lowest BCUT2D eigenvalue weighted by Gasteiger charge is -2.29. The van der Waals surface area contributed by atoms with Crippen LogP contribution in [0.2, 0.25) is 5.02 Å². The molecule has 0 aromatic heterocycles. The highest BCUT2D eigenvalue weighted by Gasteiger charge is 2.39. The van der Waals surface area contributed by atoms with Crippen molar-refractivity contribution in [3.05, 3.63) is 47.5 Å². The Bertz CT molecular complexity index is 1080. The summed E-state index contributed by atoms with van der Waals surface area (Å²) in [6.45, 7) is 4.09. The van der Waals surface area contributed by atoms with Crippen LogP contribution < -0.4 is 20.3 Å². The number of aliphatic hydroxyl groups is 1. The first-order chi connectivity index (χ1) is 17.8. The average Bonchev–Trinajstić information content (AvgIpc) is 3.28. The summed E-state index contributed by atoms with van der Waals surface area (Å²) in [5.74, 6) is 0.161. The number of likely N-dealkylation sites (tertiary alicyclic amines) is 1. The molecule has 11 heteroatoms. The van der Waals surface area contributed by atoms with Crippen molar-refractivity contribution in [2.45, 2.75) is 18.6 Å². The summed E-state index contributed by atoms with van der Waals surface area (Å²) in [6.07, 6.45) is -0.658. The number of halogens is 1. The second kappa shape index (κ2) is 12.5. The van der Waals surface area contributed by atoms with Crippen LogP contribution in [0.5, 0.6) is 5.75 Å². The number of anilines is 3. The zero-order valence-electron chi connectivity index (χ0n) is 21.2. The van der Waals surface area contributed by atoms with Gasteiger partial charge in [0.1, 0.15) is 18.4 Å². The van der Waals surface area contributed by atoms with Gasteiger partial charge >= 0.3 is 6.03 Å². The van der Waals surface area contributed by atoms with Crippen LogP contribution in [0.15, 0.2) is 42.5 Å². The first-order valence-corrected chi connectivity index (χ1v) is 12.7. The van der Waals surface area contributed by atoms with Crippen molar-refractivity contribution in [1.82, 2.24) is 9.80 Å². The molecule has 2 fully saturated rings. The molecule has 37 heavy (non-hydrogen) atoms. The van der Waals surface area contributed by atoms with Gasteiger partial charge in [0.25, 0.3) is 0 Å². The third-order valence-corrected chi connectivity index (χ3v) is 6.59. The molecule has 0 radical (unpaired) electrons. The molecule has 3 amide bonds. The molecule has 200 valence electrons. The van der Waals surface area contributed by atoms with Crippen LogP contribution in [-0.4, -0.2) is 99.1 Å². The number of carbonyl (C=O) groups is 2. The molecule has 2 atom stereocenters. The summed E-state index contributed by atoms with van der Waals surface area (Å²) < 4.78 is 11.5. The average molecular weight is 532 g/mol. The van der Waals surface area contributed by atoms with Crippen LogP contribution in [0, 0.1) is 0 Å². The number of aliphatic hydroxyl groups excluding tert-OH is 1. The number of rotatable bonds is 8. The Balaban J connectivity index is 1.48. The lowest BCUT2D eigenvalue weighted by molar-refractivity contribution is -0.119. The van der Waals surface area contributed by atoms with Crippen molar-refractivity contribution in [3.8, 4) is 5.75 Å². The van der Waals surface area contributed by atoms with E-state index in [1.165, 1.54) is 4.90 Å². The zero-order valence-corrected chi connectivity index (χ0v) is 21.9. The maximum atomic E-state index is 13.3. The molecule has 2 heterocycles. The summed E-state index contributed by atoms with van der Waals surface area (Å²) in [5, 5.41) is 16.5. The highest BCUT2D eigenvalue weighted by molar-refractivity contribution is 6.30. The van der Waals surface area contributed by atoms with Gasteiger partial charge in [-0.2, -0.15) is 0 Å². The number of amides is 3. The maximum absolute atomic E-state index is 13.3. The van der Waals surface area contributed by atoms with E-state index < -0.39 is 18.2 Å². The van der Waals surface area contributed by atoms with Crippen molar-refractivity contribution < 1.29 is 24.2 Å². The molecule has 0 unspecified atom stereocenters. The SMILES string of the molecule is CN(C)CCOc1cc(N2CCOCC2)ccc1NC(=O)[C@H]1C[C@@H](O)CN1C(=O)Nc1ccc(Cl)cc1. The summed E-state index contributed by atoms with van der Waals surface area (Å²) in [4.78, 5) is 31.9. The number of likely N-dealkylation sites (N-methyl/N-ethyl adjacent to an activating group) is 1. The highest BCUT2D eigenvalue weighted by Crippen LogP contribution is 2.32. The molecular weight excluding hydrogens is 498 g/mol. The number of benzene rings is 2. The van der Waals surface area contributed by atoms with Gasteiger partial charge < -0.3 is 39.9 Å². The van der Waals surface area contributed by atoms with E-state index in [0.29, 0.717) is 48.5 Å². The van der Waals surface area contributed by atoms with E-state index in [1.54, 1.807) is 24.3 Å². The number of β-amino-alcohol motifs (C(OH)–C–C–N with tert-alkyl or cyclic N) is 1. The number of morpholine rings is 1. The molecule has 3 N–H and O–H groups in total. The Labute approximate surface area is 222 Å². The molecule has 0 aliphatic carbocycles. The molecule has 2 aromatic carbocycles. The Morgan fingerprint density at radius 1 is 1.14 bits per heavy atom. The predicted octanol–water partition coefficient (Wildman–Crippen LogP) is 2.72. The zero-order chi connectivity index (χ0) is 26.4. The molecule has 0 bridgehead atoms. The molecule has 2 saturated heterocycles. The first kappa shape index (κ1) is 27.0. The molecule has 2 aliphatic heterocycles. The molecule has 2 aromatic rings. The van der Waals surface area contributed by atoms with E-state index in [0.717, 1.165) is 18.8 Å². The molecule has 2 aliphatic rings. The van der Waals surface area contributed by atoms with Crippen LogP contribution in [0.25, 0.3) is 0 Å². The van der Waals surface area contributed by atoms with Crippen LogP contribution in [0.4, 0.5) is 21.9 Å². The number of nitrogens with zero attached hydrogens (tertiary/aromatic N) is 3. The van der Waals surface area contributed by atoms with Gasteiger partial charge in [-0.3, -0.25) is 4.79 Å². The number of hydrogen-bond donors (Lipinski definition) is 3. The van der Waals surface area contributed by atoms with Crippen molar-refractivity contribution in [1.29, 1.82) is 0 Å². The van der Waals surface area contributed by atoms with E-state index in [-0.39, 0.29) is 18.9 Å². The second-order valence-corrected chi connectivity index (χ2v) is 9.85. The van der Waals surface area contributed by atoms with Crippen LogP contribution in [-0.2, 0) is 9.53 Å². The number of carbonyl (C=O) groups excluding carboxylic acids is 2. The van der Waals surface area contributed by atoms with Gasteiger partial charge in [0.15, 0.2) is 0 Å². The van der Waals surface area contributed by atoms with Gasteiger partial charge in [0.05, 0.1) is 25.0 Å². The molecule has 10 nitrogen and oxygen atoms in total. The molecule has 4 rings (SSSR count). The predicted molar refractivity (Wildman–Crippen MR) is 144 cm³/mol. The summed E-state index contributed by atoms with van der Waals surface area (Å²) in [5.41, 5.74) is 2.05. The molecule has 0 spiro atoms. The van der Waals surface area contributed by atoms with Gasteiger partial charge in [-0.1, -0.05) is 11.6 Å². The van der Waals surface area contributed by atoms with Crippen molar-refractivity contribution >= 4 is 40.6 Å². The first-order valence-electron chi connectivity index (χ1n) is 12.4. The lowest BCUT2D eigenvalue weighted by atomic mass is 10.1. The topological polar surface area (TPSA) is 107 Å². The van der Waals surface area contributed by atoms with Gasteiger partial charge in [-0.15, -0.1) is 0 Å². The fraction of sp³-hybridized carbons (Fsp3) is 0.462. The number of hydrogen-bond acceptors (Lipinski definition) is 7. The van der Waals surface area contributed by atoms with Gasteiger partial charge in [0, 0.05) is 55.1 Å². The quantitative estimate of drug-likeness (QED) is 0.481. The van der Waals surface area contributed by atoms with Crippen LogP contribution in [0.1, 0.15) is 6.42 Å². The highest BCUT2D eigenvalue weighted by atomic mass is 35.5. The smallest absolute Gasteiger partial charge is 0.322 e. The Hall–Kier alpha value is -3.05. The minimum Gasteiger partial charge on any atom is -0.490 e. The molecular formula is C26H34ClN5O5. The van der Waals surface area contributed by atoms with E-state index in [4.69, 9.17) is 21.1 Å². The summed E-state index contributed by atoms with van der Waals surface area (Å²) in [7, 11) is 3.93. The normalized spacial score (nSPS) is 19.7. The Kier molecular flexibility index (Phi) is 9.09. The third-order valence-electron chi connectivity index (χ3n) is 6.33. The largest absolute Gasteiger partial charge is 0.490 e. The van der Waals surface area contributed by atoms with E-state index in [1.807, 2.05) is 37.2 Å². The second-order valence-electron chi connectivity index (χ2n) is 9.42. The van der Waals surface area contributed by atoms with Crippen LogP contribution in [0.3, 0.4) is 0 Å². The maximum Gasteiger partial charge on any atom is 0.322 e. The number of ether oxygens (including phenoxy) is 2. The minimum atomic E-state index is -0.837. The standard InChI is InChI=1S/C26H34ClN5O5/c1-30(2)9-14-37-24-15-20(31-10-12-36-13-11-31)7-8-22(24)29-25(34)23-16-21(33)17-32(23)26(35)28-19-5-3-18(27)4-6-19/h3-8,15,21,23,33H,9-14,16-17H2,1-2H3,(H,28,35)(H,29,34)/t21-,23-/m1/s1. The summed E-state index contributed by atoms with van der Waals surface area (Å²) in [6, 6.07) is 11.1. The number of nitrogens with one attached hydrogen (secondary N) is 2. The van der Waals surface area contributed by atoms with Gasteiger partial charge in [0.2, 0.25) is 5.91 Å². The number of urea groups is 1. The fourth-order valence-electron chi connectivity index (χ4n) is 4.32. The molecule has 0 saturated carbocycles. The van der Waals surface area contributed by atoms with Crippen LogP contribution >= 0.6 is 11.6 Å². The minimum absolute atomic E-state index is 0.0552. The van der Waals surface area contributed by atoms with Gasteiger partial charge in [-0.25, -0.2) is 4.79 Å². The monoisotopic (exact) mass is 531 g/mol. The van der Waals surface area contributed by atoms with Crippen molar-refractivity contribution in [2.75, 3.05) is 75.6 Å². The Morgan fingerprint density at radius 2 is 1.86 bits per heavy atom. The summed E-state index contributed by atoms with van der Waals surface area (Å²) >= 11 is 5.92. The third kappa shape index (κ3) is 7.26. The Morgan fingerprint density at radius 3 is 2.57 bits per heavy atom. The van der Waals surface area contributed by atoms with E-state index >= 15 is 0 Å². The van der Waals surface area contributed by atoms with Crippen molar-refractivity contribution in [2.24, 2.45) is 0 Å².